The molecular formula is C12H22N4S. The largest absolute Gasteiger partial charge is 0.313 e. The minimum atomic E-state index is 0.623. The summed E-state index contributed by atoms with van der Waals surface area (Å²) in [6.45, 7) is 5.69. The lowest BCUT2D eigenvalue weighted by molar-refractivity contribution is 0.317. The summed E-state index contributed by atoms with van der Waals surface area (Å²) in [4.78, 5) is 4.22. The Balaban J connectivity index is 1.93. The first kappa shape index (κ1) is 12.9. The SMILES string of the molecule is CCCNC1CCC(C)CC1Sc1ncn[nH]1. The first-order valence-corrected chi connectivity index (χ1v) is 7.43. The lowest BCUT2D eigenvalue weighted by Gasteiger charge is -2.34. The summed E-state index contributed by atoms with van der Waals surface area (Å²) in [5.41, 5.74) is 0. The van der Waals surface area contributed by atoms with Crippen molar-refractivity contribution in [1.82, 2.24) is 20.5 Å². The fourth-order valence-corrected chi connectivity index (χ4v) is 3.74. The quantitative estimate of drug-likeness (QED) is 0.847. The Morgan fingerprint density at radius 2 is 2.41 bits per heavy atom. The molecule has 3 atom stereocenters. The maximum atomic E-state index is 4.22. The summed E-state index contributed by atoms with van der Waals surface area (Å²) in [5, 5.41) is 12.1. The minimum Gasteiger partial charge on any atom is -0.313 e. The van der Waals surface area contributed by atoms with Crippen LogP contribution in [0.2, 0.25) is 0 Å². The predicted molar refractivity (Wildman–Crippen MR) is 71.1 cm³/mol. The van der Waals surface area contributed by atoms with Crippen LogP contribution in [0.3, 0.4) is 0 Å². The molecule has 1 aliphatic rings. The van der Waals surface area contributed by atoms with E-state index in [9.17, 15) is 0 Å². The Morgan fingerprint density at radius 3 is 3.12 bits per heavy atom. The fraction of sp³-hybridized carbons (Fsp3) is 0.833. The van der Waals surface area contributed by atoms with Crippen LogP contribution in [0.4, 0.5) is 0 Å². The van der Waals surface area contributed by atoms with Crippen LogP contribution < -0.4 is 5.32 Å². The summed E-state index contributed by atoms with van der Waals surface area (Å²) in [5.74, 6) is 0.829. The molecule has 0 radical (unpaired) electrons. The molecule has 17 heavy (non-hydrogen) atoms. The second kappa shape index (κ2) is 6.40. The molecule has 1 heterocycles. The van der Waals surface area contributed by atoms with Crippen LogP contribution in [0, 0.1) is 5.92 Å². The molecule has 0 bridgehead atoms. The van der Waals surface area contributed by atoms with Crippen LogP contribution in [0.5, 0.6) is 0 Å². The number of rotatable bonds is 5. The zero-order chi connectivity index (χ0) is 12.1. The highest BCUT2D eigenvalue weighted by Crippen LogP contribution is 2.34. The summed E-state index contributed by atoms with van der Waals surface area (Å²) >= 11 is 1.84. The van der Waals surface area contributed by atoms with Crippen LogP contribution in [-0.4, -0.2) is 33.0 Å². The molecule has 0 spiro atoms. The maximum absolute atomic E-state index is 4.22. The molecule has 3 unspecified atom stereocenters. The number of aromatic amines is 1. The molecule has 4 nitrogen and oxygen atoms in total. The summed E-state index contributed by atoms with van der Waals surface area (Å²) < 4.78 is 0. The average molecular weight is 254 g/mol. The Bertz CT molecular complexity index is 312. The summed E-state index contributed by atoms with van der Waals surface area (Å²) in [6, 6.07) is 0.626. The van der Waals surface area contributed by atoms with E-state index in [1.807, 2.05) is 11.8 Å². The van der Waals surface area contributed by atoms with E-state index in [2.05, 4.69) is 34.3 Å². The van der Waals surface area contributed by atoms with Crippen molar-refractivity contribution >= 4 is 11.8 Å². The molecule has 2 rings (SSSR count). The highest BCUT2D eigenvalue weighted by Gasteiger charge is 2.29. The number of hydrogen-bond donors (Lipinski definition) is 2. The smallest absolute Gasteiger partial charge is 0.183 e. The van der Waals surface area contributed by atoms with Crippen LogP contribution in [0.1, 0.15) is 39.5 Å². The zero-order valence-electron chi connectivity index (χ0n) is 10.6. The van der Waals surface area contributed by atoms with Gasteiger partial charge in [-0.3, -0.25) is 5.10 Å². The van der Waals surface area contributed by atoms with Gasteiger partial charge in [0.2, 0.25) is 0 Å². The van der Waals surface area contributed by atoms with Crippen molar-refractivity contribution in [2.75, 3.05) is 6.54 Å². The van der Waals surface area contributed by atoms with Crippen LogP contribution in [0.15, 0.2) is 11.5 Å². The van der Waals surface area contributed by atoms with E-state index in [1.165, 1.54) is 25.7 Å². The number of H-pyrrole nitrogens is 1. The van der Waals surface area contributed by atoms with Crippen molar-refractivity contribution in [3.05, 3.63) is 6.33 Å². The average Bonchev–Trinajstić information content (AvgIpc) is 2.81. The van der Waals surface area contributed by atoms with Gasteiger partial charge in [-0.1, -0.05) is 25.6 Å². The van der Waals surface area contributed by atoms with Crippen molar-refractivity contribution in [1.29, 1.82) is 0 Å². The van der Waals surface area contributed by atoms with Gasteiger partial charge in [-0.25, -0.2) is 4.98 Å². The summed E-state index contributed by atoms with van der Waals surface area (Å²) in [6.07, 6.45) is 6.68. The monoisotopic (exact) mass is 254 g/mol. The standard InChI is InChI=1S/C12H22N4S/c1-3-6-13-10-5-4-9(2)7-11(10)17-12-14-8-15-16-12/h8-11,13H,3-7H2,1-2H3,(H,14,15,16). The van der Waals surface area contributed by atoms with E-state index < -0.39 is 0 Å². The van der Waals surface area contributed by atoms with Crippen LogP contribution in [-0.2, 0) is 0 Å². The number of hydrogen-bond acceptors (Lipinski definition) is 4. The zero-order valence-corrected chi connectivity index (χ0v) is 11.5. The first-order valence-electron chi connectivity index (χ1n) is 6.55. The van der Waals surface area contributed by atoms with Gasteiger partial charge in [0.15, 0.2) is 5.16 Å². The molecule has 1 aliphatic carbocycles. The highest BCUT2D eigenvalue weighted by molar-refractivity contribution is 7.99. The fourth-order valence-electron chi connectivity index (χ4n) is 2.42. The Hall–Kier alpha value is -0.550. The third kappa shape index (κ3) is 3.71. The van der Waals surface area contributed by atoms with Gasteiger partial charge in [0.1, 0.15) is 6.33 Å². The van der Waals surface area contributed by atoms with E-state index >= 15 is 0 Å². The van der Waals surface area contributed by atoms with Gasteiger partial charge in [-0.15, -0.1) is 0 Å². The van der Waals surface area contributed by atoms with Gasteiger partial charge in [0.05, 0.1) is 0 Å². The first-order chi connectivity index (χ1) is 8.29. The van der Waals surface area contributed by atoms with Crippen LogP contribution >= 0.6 is 11.8 Å². The molecule has 1 aromatic rings. The second-order valence-corrected chi connectivity index (χ2v) is 6.15. The third-order valence-corrected chi connectivity index (χ3v) is 4.61. The van der Waals surface area contributed by atoms with Gasteiger partial charge < -0.3 is 5.32 Å². The molecule has 1 fully saturated rings. The van der Waals surface area contributed by atoms with E-state index in [0.717, 1.165) is 17.6 Å². The van der Waals surface area contributed by atoms with Crippen molar-refractivity contribution in [3.8, 4) is 0 Å². The molecule has 0 saturated heterocycles. The Kier molecular flexibility index (Phi) is 4.86. The van der Waals surface area contributed by atoms with Crippen molar-refractivity contribution in [2.24, 2.45) is 5.92 Å². The van der Waals surface area contributed by atoms with E-state index in [4.69, 9.17) is 0 Å². The van der Waals surface area contributed by atoms with Gasteiger partial charge in [0, 0.05) is 11.3 Å². The van der Waals surface area contributed by atoms with Crippen LogP contribution in [0.25, 0.3) is 0 Å². The van der Waals surface area contributed by atoms with Crippen molar-refractivity contribution < 1.29 is 0 Å². The van der Waals surface area contributed by atoms with Gasteiger partial charge >= 0.3 is 0 Å². The second-order valence-electron chi connectivity index (χ2n) is 4.93. The molecule has 2 N–H and O–H groups in total. The highest BCUT2D eigenvalue weighted by atomic mass is 32.2. The van der Waals surface area contributed by atoms with E-state index in [0.29, 0.717) is 11.3 Å². The Morgan fingerprint density at radius 1 is 1.53 bits per heavy atom. The lowest BCUT2D eigenvalue weighted by atomic mass is 9.87. The molecule has 96 valence electrons. The maximum Gasteiger partial charge on any atom is 0.183 e. The molecule has 0 amide bonds. The molecular weight excluding hydrogens is 232 g/mol. The van der Waals surface area contributed by atoms with Crippen molar-refractivity contribution in [3.63, 3.8) is 0 Å². The molecule has 5 heteroatoms. The predicted octanol–water partition coefficient (Wildman–Crippen LogP) is 2.45. The Labute approximate surface area is 107 Å². The number of aromatic nitrogens is 3. The molecule has 1 saturated carbocycles. The van der Waals surface area contributed by atoms with Gasteiger partial charge in [-0.2, -0.15) is 5.10 Å². The third-order valence-electron chi connectivity index (χ3n) is 3.37. The van der Waals surface area contributed by atoms with Gasteiger partial charge in [0.25, 0.3) is 0 Å². The molecule has 0 aromatic carbocycles. The van der Waals surface area contributed by atoms with E-state index in [-0.39, 0.29) is 0 Å². The summed E-state index contributed by atoms with van der Waals surface area (Å²) in [7, 11) is 0. The van der Waals surface area contributed by atoms with E-state index in [1.54, 1.807) is 6.33 Å². The minimum absolute atomic E-state index is 0.623. The number of nitrogens with zero attached hydrogens (tertiary/aromatic N) is 2. The number of nitrogens with one attached hydrogen (secondary N) is 2. The normalized spacial score (nSPS) is 29.4. The molecule has 0 aliphatic heterocycles. The number of thioether (sulfide) groups is 1. The van der Waals surface area contributed by atoms with Gasteiger partial charge in [-0.05, 0) is 38.1 Å². The van der Waals surface area contributed by atoms with Crippen molar-refractivity contribution in [2.45, 2.75) is 56.0 Å². The topological polar surface area (TPSA) is 53.6 Å². The molecule has 1 aromatic heterocycles. The lowest BCUT2D eigenvalue weighted by Crippen LogP contribution is -2.42.